The number of carbonyl (C=O) groups excluding carboxylic acids is 1. The fourth-order valence-electron chi connectivity index (χ4n) is 2.73. The van der Waals surface area contributed by atoms with Gasteiger partial charge in [0.15, 0.2) is 0 Å². The molecule has 2 N–H and O–H groups in total. The topological polar surface area (TPSA) is 79.3 Å². The fraction of sp³-hybridized carbons (Fsp3) is 0.312. The van der Waals surface area contributed by atoms with Gasteiger partial charge >= 0.3 is 5.97 Å². The van der Waals surface area contributed by atoms with Gasteiger partial charge in [-0.1, -0.05) is 23.7 Å². The summed E-state index contributed by atoms with van der Waals surface area (Å²) >= 11 is 7.34. The molecule has 0 saturated heterocycles. The van der Waals surface area contributed by atoms with Crippen molar-refractivity contribution in [2.45, 2.75) is 25.3 Å². The lowest BCUT2D eigenvalue weighted by atomic mass is 10.1. The molecule has 0 spiro atoms. The summed E-state index contributed by atoms with van der Waals surface area (Å²) in [6, 6.07) is 7.21. The summed E-state index contributed by atoms with van der Waals surface area (Å²) in [6.45, 7) is 0. The Bertz CT molecular complexity index is 746. The first kappa shape index (κ1) is 16.0. The van der Waals surface area contributed by atoms with Crippen molar-refractivity contribution in [3.8, 4) is 10.6 Å². The first-order valence-corrected chi connectivity index (χ1v) is 8.54. The molecule has 1 fully saturated rings. The van der Waals surface area contributed by atoms with Crippen molar-refractivity contribution in [1.29, 1.82) is 0 Å². The van der Waals surface area contributed by atoms with E-state index in [0.717, 1.165) is 10.6 Å². The first-order chi connectivity index (χ1) is 11.0. The molecule has 1 aliphatic carbocycles. The van der Waals surface area contributed by atoms with E-state index in [1.54, 1.807) is 17.5 Å². The number of hydrogen-bond donors (Lipinski definition) is 2. The van der Waals surface area contributed by atoms with Gasteiger partial charge in [-0.05, 0) is 31.4 Å². The number of benzene rings is 1. The number of carboxylic acid groups (broad SMARTS) is 1. The molecule has 2 atom stereocenters. The van der Waals surface area contributed by atoms with Crippen molar-refractivity contribution < 1.29 is 14.7 Å². The van der Waals surface area contributed by atoms with E-state index in [4.69, 9.17) is 16.7 Å². The molecular weight excluding hydrogens is 336 g/mol. The predicted octanol–water partition coefficient (Wildman–Crippen LogP) is 3.45. The summed E-state index contributed by atoms with van der Waals surface area (Å²) < 4.78 is 0. The molecule has 2 aromatic rings. The highest BCUT2D eigenvalue weighted by molar-refractivity contribution is 7.13. The molecule has 5 nitrogen and oxygen atoms in total. The normalized spacial score (nSPS) is 20.4. The van der Waals surface area contributed by atoms with Crippen LogP contribution in [0, 0.1) is 5.92 Å². The Hall–Kier alpha value is -1.92. The van der Waals surface area contributed by atoms with Crippen LogP contribution in [0.25, 0.3) is 10.6 Å². The van der Waals surface area contributed by atoms with Crippen molar-refractivity contribution in [1.82, 2.24) is 10.3 Å². The van der Waals surface area contributed by atoms with Crippen LogP contribution in [0.2, 0.25) is 5.02 Å². The Morgan fingerprint density at radius 2 is 2.17 bits per heavy atom. The van der Waals surface area contributed by atoms with E-state index in [9.17, 15) is 9.59 Å². The van der Waals surface area contributed by atoms with Gasteiger partial charge in [-0.2, -0.15) is 0 Å². The van der Waals surface area contributed by atoms with E-state index in [1.807, 2.05) is 12.1 Å². The Balaban J connectivity index is 1.66. The van der Waals surface area contributed by atoms with Crippen molar-refractivity contribution >= 4 is 34.8 Å². The summed E-state index contributed by atoms with van der Waals surface area (Å²) in [6.07, 6.45) is 1.77. The Morgan fingerprint density at radius 1 is 1.35 bits per heavy atom. The number of thiazole rings is 1. The number of amides is 1. The minimum atomic E-state index is -0.793. The standard InChI is InChI=1S/C16H15ClN2O3S/c17-11-3-1-2-9(6-11)15-19-13(8-23-15)14(20)18-12-5-4-10(7-12)16(21)22/h1-3,6,8,10,12H,4-5,7H2,(H,18,20)(H,21,22)/t10-,12+/m0/s1. The van der Waals surface area contributed by atoms with Crippen LogP contribution in [0.5, 0.6) is 0 Å². The zero-order chi connectivity index (χ0) is 16.4. The zero-order valence-corrected chi connectivity index (χ0v) is 13.7. The minimum Gasteiger partial charge on any atom is -0.481 e. The second-order valence-corrected chi connectivity index (χ2v) is 6.86. The number of carbonyl (C=O) groups is 2. The maximum atomic E-state index is 12.2. The number of nitrogens with zero attached hydrogens (tertiary/aromatic N) is 1. The molecule has 1 heterocycles. The summed E-state index contributed by atoms with van der Waals surface area (Å²) in [5.74, 6) is -1.41. The summed E-state index contributed by atoms with van der Waals surface area (Å²) in [4.78, 5) is 27.6. The van der Waals surface area contributed by atoms with Gasteiger partial charge in [0.05, 0.1) is 5.92 Å². The van der Waals surface area contributed by atoms with E-state index in [2.05, 4.69) is 10.3 Å². The molecule has 120 valence electrons. The number of aromatic nitrogens is 1. The van der Waals surface area contributed by atoms with E-state index in [1.165, 1.54) is 11.3 Å². The highest BCUT2D eigenvalue weighted by Gasteiger charge is 2.31. The lowest BCUT2D eigenvalue weighted by Crippen LogP contribution is -2.33. The van der Waals surface area contributed by atoms with Crippen LogP contribution >= 0.6 is 22.9 Å². The van der Waals surface area contributed by atoms with E-state index >= 15 is 0 Å². The Morgan fingerprint density at radius 3 is 2.87 bits per heavy atom. The Kier molecular flexibility index (Phi) is 4.63. The van der Waals surface area contributed by atoms with E-state index < -0.39 is 5.97 Å². The third kappa shape index (κ3) is 3.71. The molecule has 0 aliphatic heterocycles. The molecule has 0 radical (unpaired) electrons. The van der Waals surface area contributed by atoms with Gasteiger partial charge in [-0.15, -0.1) is 11.3 Å². The van der Waals surface area contributed by atoms with Crippen LogP contribution in [0.15, 0.2) is 29.6 Å². The monoisotopic (exact) mass is 350 g/mol. The van der Waals surface area contributed by atoms with Gasteiger partial charge in [-0.25, -0.2) is 4.98 Å². The van der Waals surface area contributed by atoms with Crippen molar-refractivity contribution in [3.05, 3.63) is 40.4 Å². The molecule has 3 rings (SSSR count). The van der Waals surface area contributed by atoms with Crippen molar-refractivity contribution in [2.24, 2.45) is 5.92 Å². The average molecular weight is 351 g/mol. The predicted molar refractivity (Wildman–Crippen MR) is 88.8 cm³/mol. The largest absolute Gasteiger partial charge is 0.481 e. The van der Waals surface area contributed by atoms with Crippen molar-refractivity contribution in [2.75, 3.05) is 0 Å². The third-order valence-electron chi connectivity index (χ3n) is 3.93. The molecule has 1 aromatic heterocycles. The third-order valence-corrected chi connectivity index (χ3v) is 5.05. The minimum absolute atomic E-state index is 0.0973. The van der Waals surface area contributed by atoms with Crippen molar-refractivity contribution in [3.63, 3.8) is 0 Å². The lowest BCUT2D eigenvalue weighted by Gasteiger charge is -2.10. The van der Waals surface area contributed by atoms with Crippen LogP contribution in [0.1, 0.15) is 29.8 Å². The summed E-state index contributed by atoms with van der Waals surface area (Å²) in [5, 5.41) is 14.9. The number of halogens is 1. The number of carboxylic acids is 1. The number of aliphatic carboxylic acids is 1. The quantitative estimate of drug-likeness (QED) is 0.885. The molecule has 1 saturated carbocycles. The number of nitrogens with one attached hydrogen (secondary N) is 1. The van der Waals surface area contributed by atoms with Gasteiger partial charge in [0.2, 0.25) is 0 Å². The van der Waals surface area contributed by atoms with Gasteiger partial charge in [-0.3, -0.25) is 9.59 Å². The van der Waals surface area contributed by atoms with E-state index in [0.29, 0.717) is 30.0 Å². The second kappa shape index (κ2) is 6.68. The molecular formula is C16H15ClN2O3S. The highest BCUT2D eigenvalue weighted by Crippen LogP contribution is 2.28. The lowest BCUT2D eigenvalue weighted by molar-refractivity contribution is -0.141. The van der Waals surface area contributed by atoms with Gasteiger partial charge < -0.3 is 10.4 Å². The molecule has 7 heteroatoms. The van der Waals surface area contributed by atoms with Crippen LogP contribution in [-0.2, 0) is 4.79 Å². The summed E-state index contributed by atoms with van der Waals surface area (Å²) in [7, 11) is 0. The van der Waals surface area contributed by atoms with Gasteiger partial charge in [0.25, 0.3) is 5.91 Å². The Labute approximate surface area is 142 Å². The van der Waals surface area contributed by atoms with Gasteiger partial charge in [0.1, 0.15) is 10.7 Å². The maximum absolute atomic E-state index is 12.2. The number of rotatable bonds is 4. The van der Waals surface area contributed by atoms with Gasteiger partial charge in [0, 0.05) is 22.0 Å². The van der Waals surface area contributed by atoms with Crippen LogP contribution in [-0.4, -0.2) is 28.0 Å². The molecule has 0 unspecified atom stereocenters. The second-order valence-electron chi connectivity index (χ2n) is 5.57. The first-order valence-electron chi connectivity index (χ1n) is 7.28. The molecule has 1 aromatic carbocycles. The number of hydrogen-bond acceptors (Lipinski definition) is 4. The van der Waals surface area contributed by atoms with Crippen LogP contribution in [0.3, 0.4) is 0 Å². The van der Waals surface area contributed by atoms with Crippen LogP contribution < -0.4 is 5.32 Å². The maximum Gasteiger partial charge on any atom is 0.306 e. The molecule has 1 aliphatic rings. The summed E-state index contributed by atoms with van der Waals surface area (Å²) in [5.41, 5.74) is 1.22. The van der Waals surface area contributed by atoms with Crippen LogP contribution in [0.4, 0.5) is 0 Å². The smallest absolute Gasteiger partial charge is 0.306 e. The molecule has 23 heavy (non-hydrogen) atoms. The van der Waals surface area contributed by atoms with E-state index in [-0.39, 0.29) is 17.9 Å². The highest BCUT2D eigenvalue weighted by atomic mass is 35.5. The zero-order valence-electron chi connectivity index (χ0n) is 12.2. The SMILES string of the molecule is O=C(N[C@@H]1CC[C@H](C(=O)O)C1)c1csc(-c2cccc(Cl)c2)n1. The average Bonchev–Trinajstić information content (AvgIpc) is 3.16. The molecule has 1 amide bonds. The fourth-order valence-corrected chi connectivity index (χ4v) is 3.72. The molecule has 0 bridgehead atoms.